The van der Waals surface area contributed by atoms with Crippen LogP contribution in [0.2, 0.25) is 5.02 Å². The van der Waals surface area contributed by atoms with E-state index in [1.165, 1.54) is 15.6 Å². The number of aryl methyl sites for hydroxylation is 2. The number of hydrogen-bond acceptors (Lipinski definition) is 5. The van der Waals surface area contributed by atoms with Crippen LogP contribution in [0.25, 0.3) is 11.2 Å². The maximum atomic E-state index is 13.2. The monoisotopic (exact) mass is 428 g/mol. The van der Waals surface area contributed by atoms with Gasteiger partial charge in [-0.05, 0) is 49.3 Å². The Morgan fingerprint density at radius 1 is 1.20 bits per heavy atom. The van der Waals surface area contributed by atoms with Crippen LogP contribution in [-0.2, 0) is 20.6 Å². The first-order chi connectivity index (χ1) is 14.3. The summed E-state index contributed by atoms with van der Waals surface area (Å²) in [7, 11) is 3.37. The number of nitrogens with zero attached hydrogens (tertiary/aromatic N) is 5. The summed E-state index contributed by atoms with van der Waals surface area (Å²) >= 11 is 5.93. The van der Waals surface area contributed by atoms with Gasteiger partial charge in [0.2, 0.25) is 5.95 Å². The van der Waals surface area contributed by atoms with Crippen molar-refractivity contribution in [1.29, 1.82) is 0 Å². The molecule has 1 aliphatic rings. The van der Waals surface area contributed by atoms with Crippen LogP contribution < -0.4 is 16.7 Å². The number of hydrogen-bond donors (Lipinski definition) is 1. The molecule has 3 aromatic rings. The van der Waals surface area contributed by atoms with Crippen molar-refractivity contribution in [3.63, 3.8) is 0 Å². The zero-order chi connectivity index (χ0) is 21.4. The minimum absolute atomic E-state index is 0.159. The molecule has 1 saturated carbocycles. The molecule has 158 valence electrons. The summed E-state index contributed by atoms with van der Waals surface area (Å²) in [5, 5.41) is 5.12. The molecule has 2 heterocycles. The van der Waals surface area contributed by atoms with Crippen molar-refractivity contribution in [3.05, 3.63) is 55.7 Å². The van der Waals surface area contributed by atoms with Gasteiger partial charge in [0.25, 0.3) is 5.56 Å². The van der Waals surface area contributed by atoms with Crippen molar-refractivity contribution in [2.24, 2.45) is 25.1 Å². The molecule has 1 N–H and O–H groups in total. The summed E-state index contributed by atoms with van der Waals surface area (Å²) < 4.78 is 4.27. The van der Waals surface area contributed by atoms with Gasteiger partial charge in [0.05, 0.1) is 6.54 Å². The van der Waals surface area contributed by atoms with Crippen LogP contribution in [0, 0.1) is 5.92 Å². The standard InChI is InChI=1S/C21H25ClN6O2/c1-13-5-4-6-16(11-13)24-25-20-23-18-17(26(20)2)19(29)28(21(30)27(18)3)12-14-7-9-15(22)10-8-14/h7-10,13H,4-6,11-12H2,1-3H3,(H,23,25). The van der Waals surface area contributed by atoms with Crippen LogP contribution in [0.3, 0.4) is 0 Å². The number of rotatable bonds is 4. The fourth-order valence-corrected chi connectivity index (χ4v) is 4.07. The third kappa shape index (κ3) is 3.79. The van der Waals surface area contributed by atoms with Gasteiger partial charge in [0.1, 0.15) is 0 Å². The summed E-state index contributed by atoms with van der Waals surface area (Å²) in [6, 6.07) is 7.08. The molecule has 1 unspecified atom stereocenters. The van der Waals surface area contributed by atoms with Gasteiger partial charge in [0.15, 0.2) is 11.2 Å². The highest BCUT2D eigenvalue weighted by Crippen LogP contribution is 2.22. The zero-order valence-electron chi connectivity index (χ0n) is 17.4. The second-order valence-electron chi connectivity index (χ2n) is 8.02. The highest BCUT2D eigenvalue weighted by Gasteiger charge is 2.19. The lowest BCUT2D eigenvalue weighted by atomic mass is 9.89. The highest BCUT2D eigenvalue weighted by atomic mass is 35.5. The fraction of sp³-hybridized carbons (Fsp3) is 0.429. The molecule has 0 spiro atoms. The Morgan fingerprint density at radius 3 is 2.63 bits per heavy atom. The Morgan fingerprint density at radius 2 is 1.93 bits per heavy atom. The van der Waals surface area contributed by atoms with E-state index in [0.29, 0.717) is 28.1 Å². The topological polar surface area (TPSA) is 86.2 Å². The second kappa shape index (κ2) is 8.10. The lowest BCUT2D eigenvalue weighted by Crippen LogP contribution is -2.39. The van der Waals surface area contributed by atoms with E-state index in [9.17, 15) is 9.59 Å². The second-order valence-corrected chi connectivity index (χ2v) is 8.45. The van der Waals surface area contributed by atoms with Gasteiger partial charge in [-0.25, -0.2) is 10.2 Å². The molecule has 4 rings (SSSR count). The number of fused-ring (bicyclic) bond motifs is 1. The van der Waals surface area contributed by atoms with Crippen LogP contribution in [-0.4, -0.2) is 24.4 Å². The molecular weight excluding hydrogens is 404 g/mol. The molecule has 8 nitrogen and oxygen atoms in total. The zero-order valence-corrected chi connectivity index (χ0v) is 18.1. The van der Waals surface area contributed by atoms with Gasteiger partial charge in [-0.1, -0.05) is 30.7 Å². The molecule has 9 heteroatoms. The minimum Gasteiger partial charge on any atom is -0.306 e. The van der Waals surface area contributed by atoms with Crippen molar-refractivity contribution in [3.8, 4) is 0 Å². The lowest BCUT2D eigenvalue weighted by molar-refractivity contribution is 0.500. The number of aromatic nitrogens is 4. The number of anilines is 1. The molecule has 0 bridgehead atoms. The molecule has 0 amide bonds. The van der Waals surface area contributed by atoms with Crippen LogP contribution in [0.15, 0.2) is 39.0 Å². The van der Waals surface area contributed by atoms with E-state index in [0.717, 1.165) is 30.5 Å². The van der Waals surface area contributed by atoms with Crippen molar-refractivity contribution in [2.45, 2.75) is 39.2 Å². The number of halogens is 1. The Labute approximate surface area is 178 Å². The van der Waals surface area contributed by atoms with Crippen molar-refractivity contribution in [2.75, 3.05) is 5.43 Å². The summed E-state index contributed by atoms with van der Waals surface area (Å²) in [6.07, 6.45) is 4.28. The van der Waals surface area contributed by atoms with Crippen molar-refractivity contribution in [1.82, 2.24) is 18.7 Å². The molecule has 0 radical (unpaired) electrons. The van der Waals surface area contributed by atoms with Crippen LogP contribution >= 0.6 is 11.6 Å². The molecule has 1 aromatic carbocycles. The fourth-order valence-electron chi connectivity index (χ4n) is 3.95. The number of imidazole rings is 1. The summed E-state index contributed by atoms with van der Waals surface area (Å²) in [5.41, 5.74) is 4.81. The van der Waals surface area contributed by atoms with Crippen LogP contribution in [0.5, 0.6) is 0 Å². The first-order valence-electron chi connectivity index (χ1n) is 10.1. The summed E-state index contributed by atoms with van der Waals surface area (Å²) in [4.78, 5) is 30.5. The Bertz CT molecular complexity index is 1240. The summed E-state index contributed by atoms with van der Waals surface area (Å²) in [5.74, 6) is 1.06. The van der Waals surface area contributed by atoms with Crippen molar-refractivity contribution < 1.29 is 0 Å². The predicted octanol–water partition coefficient (Wildman–Crippen LogP) is 3.11. The number of hydrazone groups is 1. The third-order valence-corrected chi connectivity index (χ3v) is 5.93. The van der Waals surface area contributed by atoms with E-state index in [-0.39, 0.29) is 12.1 Å². The molecule has 1 fully saturated rings. The maximum Gasteiger partial charge on any atom is 0.332 e. The van der Waals surface area contributed by atoms with Crippen molar-refractivity contribution >= 4 is 34.4 Å². The van der Waals surface area contributed by atoms with Crippen LogP contribution in [0.4, 0.5) is 5.95 Å². The van der Waals surface area contributed by atoms with E-state index in [2.05, 4.69) is 22.4 Å². The largest absolute Gasteiger partial charge is 0.332 e. The Balaban J connectivity index is 1.73. The molecule has 30 heavy (non-hydrogen) atoms. The van der Waals surface area contributed by atoms with Gasteiger partial charge >= 0.3 is 5.69 Å². The maximum absolute atomic E-state index is 13.2. The minimum atomic E-state index is -0.417. The SMILES string of the molecule is CC1CCCC(=NNc2nc3c(c(=O)n(Cc4ccc(Cl)cc4)c(=O)n3C)n2C)C1. The van der Waals surface area contributed by atoms with Gasteiger partial charge in [-0.15, -0.1) is 0 Å². The first-order valence-corrected chi connectivity index (χ1v) is 10.4. The van der Waals surface area contributed by atoms with E-state index in [1.54, 1.807) is 42.9 Å². The predicted molar refractivity (Wildman–Crippen MR) is 119 cm³/mol. The molecule has 1 aliphatic carbocycles. The van der Waals surface area contributed by atoms with Gasteiger partial charge in [-0.3, -0.25) is 13.9 Å². The van der Waals surface area contributed by atoms with Gasteiger partial charge in [0, 0.05) is 24.8 Å². The van der Waals surface area contributed by atoms with Gasteiger partial charge in [-0.2, -0.15) is 10.1 Å². The third-order valence-electron chi connectivity index (χ3n) is 5.67. The normalized spacial score (nSPS) is 18.3. The Hall–Kier alpha value is -2.87. The molecule has 0 aliphatic heterocycles. The van der Waals surface area contributed by atoms with E-state index < -0.39 is 5.69 Å². The lowest BCUT2D eigenvalue weighted by Gasteiger charge is -2.18. The Kier molecular flexibility index (Phi) is 5.51. The van der Waals surface area contributed by atoms with Crippen LogP contribution in [0.1, 0.15) is 38.2 Å². The van der Waals surface area contributed by atoms with E-state index in [4.69, 9.17) is 11.6 Å². The van der Waals surface area contributed by atoms with E-state index >= 15 is 0 Å². The molecule has 2 aromatic heterocycles. The molecule has 0 saturated heterocycles. The molecular formula is C21H25ClN6O2. The number of benzene rings is 1. The summed E-state index contributed by atoms with van der Waals surface area (Å²) in [6.45, 7) is 2.38. The smallest absolute Gasteiger partial charge is 0.306 e. The highest BCUT2D eigenvalue weighted by molar-refractivity contribution is 6.30. The molecule has 1 atom stereocenters. The van der Waals surface area contributed by atoms with Gasteiger partial charge < -0.3 is 4.57 Å². The average molecular weight is 429 g/mol. The quantitative estimate of drug-likeness (QED) is 0.647. The number of nitrogens with one attached hydrogen (secondary N) is 1. The van der Waals surface area contributed by atoms with E-state index in [1.807, 2.05) is 0 Å². The first kappa shape index (κ1) is 20.4. The average Bonchev–Trinajstić information content (AvgIpc) is 3.06.